The van der Waals surface area contributed by atoms with Crippen LogP contribution in [0.2, 0.25) is 0 Å². The molecule has 1 aromatic carbocycles. The number of primary amides is 1. The molecule has 6 nitrogen and oxygen atoms in total. The fraction of sp³-hybridized carbons (Fsp3) is 0.100. The van der Waals surface area contributed by atoms with Crippen LogP contribution in [-0.2, 0) is 6.67 Å². The maximum Gasteiger partial charge on any atom is 0.320 e. The number of hydrogen-bond donors (Lipinski definition) is 1. The van der Waals surface area contributed by atoms with Gasteiger partial charge in [0.05, 0.1) is 6.20 Å². The van der Waals surface area contributed by atoms with Crippen molar-refractivity contribution in [3.05, 3.63) is 42.7 Å². The number of urea groups is 1. The molecule has 0 fully saturated rings. The Kier molecular flexibility index (Phi) is 2.81. The predicted octanol–water partition coefficient (Wildman–Crippen LogP) is 0.821. The van der Waals surface area contributed by atoms with Crippen molar-refractivity contribution in [2.24, 2.45) is 5.73 Å². The monoisotopic (exact) mass is 217 g/mol. The summed E-state index contributed by atoms with van der Waals surface area (Å²) in [6.45, 7) is 0.249. The van der Waals surface area contributed by atoms with Crippen molar-refractivity contribution in [1.82, 2.24) is 15.0 Å². The fourth-order valence-corrected chi connectivity index (χ4v) is 1.34. The lowest BCUT2D eigenvalue weighted by Gasteiger charge is -2.19. The number of carbonyl (C=O) groups excluding carboxylic acids is 1. The van der Waals surface area contributed by atoms with Gasteiger partial charge < -0.3 is 5.73 Å². The Hall–Kier alpha value is -2.37. The number of nitrogens with two attached hydrogens (primary N) is 1. The van der Waals surface area contributed by atoms with Crippen molar-refractivity contribution in [3.63, 3.8) is 0 Å². The quantitative estimate of drug-likeness (QED) is 0.826. The van der Waals surface area contributed by atoms with Crippen LogP contribution >= 0.6 is 0 Å². The van der Waals surface area contributed by atoms with Crippen molar-refractivity contribution in [3.8, 4) is 0 Å². The van der Waals surface area contributed by atoms with E-state index >= 15 is 0 Å². The molecule has 0 saturated heterocycles. The SMILES string of the molecule is NC(=O)N(Cn1ccnn1)c1ccccc1. The van der Waals surface area contributed by atoms with E-state index < -0.39 is 6.03 Å². The highest BCUT2D eigenvalue weighted by Crippen LogP contribution is 2.13. The highest BCUT2D eigenvalue weighted by molar-refractivity contribution is 5.89. The van der Waals surface area contributed by atoms with Gasteiger partial charge in [-0.05, 0) is 12.1 Å². The van der Waals surface area contributed by atoms with Crippen LogP contribution in [0.3, 0.4) is 0 Å². The first kappa shape index (κ1) is 10.2. The molecule has 0 saturated carbocycles. The third-order valence-electron chi connectivity index (χ3n) is 2.09. The summed E-state index contributed by atoms with van der Waals surface area (Å²) in [5, 5.41) is 7.44. The van der Waals surface area contributed by atoms with Gasteiger partial charge in [0, 0.05) is 11.9 Å². The number of para-hydroxylation sites is 1. The first-order valence-corrected chi connectivity index (χ1v) is 4.73. The fourth-order valence-electron chi connectivity index (χ4n) is 1.34. The van der Waals surface area contributed by atoms with E-state index in [-0.39, 0.29) is 6.67 Å². The lowest BCUT2D eigenvalue weighted by Crippen LogP contribution is -2.37. The number of nitrogens with zero attached hydrogens (tertiary/aromatic N) is 4. The second-order valence-corrected chi connectivity index (χ2v) is 3.19. The summed E-state index contributed by atoms with van der Waals surface area (Å²) in [4.78, 5) is 12.7. The lowest BCUT2D eigenvalue weighted by molar-refractivity contribution is 0.252. The van der Waals surface area contributed by atoms with Gasteiger partial charge in [0.1, 0.15) is 6.67 Å². The van der Waals surface area contributed by atoms with Crippen LogP contribution in [0.1, 0.15) is 0 Å². The molecule has 0 aliphatic rings. The summed E-state index contributed by atoms with van der Waals surface area (Å²) in [5.74, 6) is 0. The topological polar surface area (TPSA) is 77.0 Å². The van der Waals surface area contributed by atoms with Crippen LogP contribution in [-0.4, -0.2) is 21.0 Å². The number of anilines is 1. The smallest absolute Gasteiger partial charge is 0.320 e. The van der Waals surface area contributed by atoms with Crippen molar-refractivity contribution in [2.75, 3.05) is 4.90 Å². The molecule has 82 valence electrons. The summed E-state index contributed by atoms with van der Waals surface area (Å²) in [5.41, 5.74) is 6.04. The second kappa shape index (κ2) is 4.43. The van der Waals surface area contributed by atoms with Crippen molar-refractivity contribution in [1.29, 1.82) is 0 Å². The number of benzene rings is 1. The number of aromatic nitrogens is 3. The van der Waals surface area contributed by atoms with E-state index in [2.05, 4.69) is 10.3 Å². The Balaban J connectivity index is 2.22. The Bertz CT molecular complexity index is 453. The van der Waals surface area contributed by atoms with Gasteiger partial charge in [-0.25, -0.2) is 9.48 Å². The van der Waals surface area contributed by atoms with E-state index in [4.69, 9.17) is 5.73 Å². The van der Waals surface area contributed by atoms with Crippen LogP contribution in [0, 0.1) is 0 Å². The van der Waals surface area contributed by atoms with Gasteiger partial charge in [0.15, 0.2) is 0 Å². The second-order valence-electron chi connectivity index (χ2n) is 3.19. The third-order valence-corrected chi connectivity index (χ3v) is 2.09. The van der Waals surface area contributed by atoms with Gasteiger partial charge in [-0.1, -0.05) is 23.4 Å². The largest absolute Gasteiger partial charge is 0.351 e. The molecule has 0 unspecified atom stereocenters. The Morgan fingerprint density at radius 1 is 1.38 bits per heavy atom. The van der Waals surface area contributed by atoms with Gasteiger partial charge in [-0.15, -0.1) is 5.10 Å². The van der Waals surface area contributed by atoms with E-state index in [0.717, 1.165) is 5.69 Å². The minimum absolute atomic E-state index is 0.249. The number of carbonyl (C=O) groups is 1. The molecule has 16 heavy (non-hydrogen) atoms. The molecule has 0 radical (unpaired) electrons. The highest BCUT2D eigenvalue weighted by atomic mass is 16.2. The van der Waals surface area contributed by atoms with Crippen LogP contribution in [0.15, 0.2) is 42.7 Å². The van der Waals surface area contributed by atoms with E-state index in [0.29, 0.717) is 0 Å². The van der Waals surface area contributed by atoms with Gasteiger partial charge in [0.2, 0.25) is 0 Å². The van der Waals surface area contributed by atoms with Crippen LogP contribution < -0.4 is 10.6 Å². The predicted molar refractivity (Wildman–Crippen MR) is 58.5 cm³/mol. The molecule has 2 rings (SSSR count). The number of hydrogen-bond acceptors (Lipinski definition) is 3. The third kappa shape index (κ3) is 2.17. The van der Waals surface area contributed by atoms with E-state index in [1.165, 1.54) is 9.58 Å². The first-order chi connectivity index (χ1) is 7.77. The Labute approximate surface area is 92.3 Å². The average molecular weight is 217 g/mol. The van der Waals surface area contributed by atoms with Gasteiger partial charge in [-0.2, -0.15) is 0 Å². The van der Waals surface area contributed by atoms with E-state index in [1.807, 2.05) is 30.3 Å². The molecule has 0 bridgehead atoms. The normalized spacial score (nSPS) is 10.0. The molecular weight excluding hydrogens is 206 g/mol. The van der Waals surface area contributed by atoms with Crippen molar-refractivity contribution < 1.29 is 4.79 Å². The summed E-state index contributed by atoms with van der Waals surface area (Å²) < 4.78 is 1.53. The molecular formula is C10H11N5O. The molecule has 0 spiro atoms. The summed E-state index contributed by atoms with van der Waals surface area (Å²) >= 11 is 0. The minimum Gasteiger partial charge on any atom is -0.351 e. The number of amides is 2. The molecule has 0 atom stereocenters. The van der Waals surface area contributed by atoms with Gasteiger partial charge >= 0.3 is 6.03 Å². The average Bonchev–Trinajstić information content (AvgIpc) is 2.79. The summed E-state index contributed by atoms with van der Waals surface area (Å²) in [6.07, 6.45) is 3.21. The van der Waals surface area contributed by atoms with Crippen molar-refractivity contribution >= 4 is 11.7 Å². The van der Waals surface area contributed by atoms with Gasteiger partial charge in [0.25, 0.3) is 0 Å². The standard InChI is InChI=1S/C10H11N5O/c11-10(16)15(8-14-7-6-12-13-14)9-4-2-1-3-5-9/h1-7H,8H2,(H2,11,16). The summed E-state index contributed by atoms with van der Waals surface area (Å²) in [6, 6.07) is 8.64. The Morgan fingerprint density at radius 2 is 2.12 bits per heavy atom. The molecule has 2 amide bonds. The zero-order valence-electron chi connectivity index (χ0n) is 8.52. The van der Waals surface area contributed by atoms with Gasteiger partial charge in [-0.3, -0.25) is 4.90 Å². The molecule has 6 heteroatoms. The highest BCUT2D eigenvalue weighted by Gasteiger charge is 2.12. The van der Waals surface area contributed by atoms with E-state index in [1.54, 1.807) is 12.4 Å². The first-order valence-electron chi connectivity index (χ1n) is 4.73. The molecule has 2 aromatic rings. The molecule has 1 heterocycles. The maximum absolute atomic E-state index is 11.3. The Morgan fingerprint density at radius 3 is 2.69 bits per heavy atom. The molecule has 2 N–H and O–H groups in total. The molecule has 0 aliphatic heterocycles. The zero-order valence-corrected chi connectivity index (χ0v) is 8.52. The van der Waals surface area contributed by atoms with Crippen LogP contribution in [0.4, 0.5) is 10.5 Å². The van der Waals surface area contributed by atoms with E-state index in [9.17, 15) is 4.79 Å². The van der Waals surface area contributed by atoms with Crippen LogP contribution in [0.5, 0.6) is 0 Å². The van der Waals surface area contributed by atoms with Crippen molar-refractivity contribution in [2.45, 2.75) is 6.67 Å². The molecule has 1 aromatic heterocycles. The molecule has 0 aliphatic carbocycles. The lowest BCUT2D eigenvalue weighted by atomic mass is 10.3. The van der Waals surface area contributed by atoms with Crippen LogP contribution in [0.25, 0.3) is 0 Å². The zero-order chi connectivity index (χ0) is 11.4. The minimum atomic E-state index is -0.526. The number of rotatable bonds is 3. The maximum atomic E-state index is 11.3. The summed E-state index contributed by atoms with van der Waals surface area (Å²) in [7, 11) is 0.